The number of nitrogens with zero attached hydrogens (tertiary/aromatic N) is 18. The normalized spacial score (nSPS) is 19.2. The number of aromatic nitrogens is 18. The number of thiazole rings is 3. The van der Waals surface area contributed by atoms with E-state index in [1.807, 2.05) is 20.8 Å². The number of pyridine rings is 3. The van der Waals surface area contributed by atoms with E-state index in [1.54, 1.807) is 32.6 Å². The predicted molar refractivity (Wildman–Crippen MR) is 414 cm³/mol. The lowest BCUT2D eigenvalue weighted by atomic mass is 9.93. The van der Waals surface area contributed by atoms with Gasteiger partial charge in [-0.15, -0.1) is 34.0 Å². The monoisotopic (exact) mass is 1670 g/mol. The van der Waals surface area contributed by atoms with Gasteiger partial charge in [0.15, 0.2) is 36.1 Å². The summed E-state index contributed by atoms with van der Waals surface area (Å²) in [6.07, 6.45) is 18.8. The van der Waals surface area contributed by atoms with Crippen LogP contribution in [0.1, 0.15) is 187 Å². The number of anilines is 3. The van der Waals surface area contributed by atoms with Gasteiger partial charge in [-0.1, -0.05) is 0 Å². The van der Waals surface area contributed by atoms with E-state index in [0.717, 1.165) is 109 Å². The highest BCUT2D eigenvalue weighted by Crippen LogP contribution is 2.57. The van der Waals surface area contributed by atoms with Gasteiger partial charge >= 0.3 is 7.82 Å². The molecule has 3 saturated carbocycles. The minimum absolute atomic E-state index is 0.0368. The molecule has 0 saturated heterocycles. The molecule has 12 aromatic rings. The average molecular weight is 1670 g/mol. The van der Waals surface area contributed by atoms with Gasteiger partial charge in [-0.05, 0) is 155 Å². The maximum atomic E-state index is 15.6. The number of rotatable bonds is 30. The molecule has 3 amide bonds. The van der Waals surface area contributed by atoms with E-state index in [9.17, 15) is 27.6 Å². The Labute approximate surface area is 670 Å². The highest BCUT2D eigenvalue weighted by molar-refractivity contribution is 7.48. The molecule has 3 fully saturated rings. The van der Waals surface area contributed by atoms with Gasteiger partial charge in [0.2, 0.25) is 17.8 Å². The summed E-state index contributed by atoms with van der Waals surface area (Å²) >= 11 is 3.29. The standard InChI is InChI=1S/C75H78F6N21O10PS3/c1-7-107-49-16-10-46(11-17-49)100-34-55(67(94-100)64-52(76)22-25-61(79)91-64)85-70(103)58-37-114-73(88-58)43-28-82-97(31-43)40(4)110-113(106,111-41(5)98-32-44(29-83-98)74-89-59(38-115-74)71(104)86-56-35-101(47-12-18-50(19-13-47)108-8-2)95-68(56)65-53(77)23-26-62(80)92-65)112-42(6)99-33-45(30-84-99)75-90-60(39-116-75)72(105)87-57-36-102(48-14-20-51(21-15-48)109-9-3)96-69(57)66-54(78)24-27-63(81)93-66/h22-42,46-51H,7-21H2,1-6H3,(H,85,103)(H,86,104)(H,87,105)/t40-,41-,42-,46?,47?,48?,49?,50?,51?,113?/m1/s1. The lowest BCUT2D eigenvalue weighted by Crippen LogP contribution is -2.24. The summed E-state index contributed by atoms with van der Waals surface area (Å²) < 4.78 is 151. The van der Waals surface area contributed by atoms with E-state index < -0.39 is 96.6 Å². The number of phosphoric acid groups is 1. The number of ether oxygens (including phenoxy) is 3. The van der Waals surface area contributed by atoms with E-state index >= 15 is 17.7 Å². The van der Waals surface area contributed by atoms with Crippen molar-refractivity contribution < 1.29 is 73.1 Å². The van der Waals surface area contributed by atoms with Crippen LogP contribution in [-0.2, 0) is 32.3 Å². The number of hydrogen-bond donors (Lipinski definition) is 3. The predicted octanol–water partition coefficient (Wildman–Crippen LogP) is 16.7. The Bertz CT molecular complexity index is 5030. The zero-order valence-electron chi connectivity index (χ0n) is 63.3. The second-order valence-electron chi connectivity index (χ2n) is 27.8. The fourth-order valence-corrected chi connectivity index (χ4v) is 18.1. The smallest absolute Gasteiger partial charge is 0.379 e. The summed E-state index contributed by atoms with van der Waals surface area (Å²) in [5.74, 6) is -7.44. The molecule has 116 heavy (non-hydrogen) atoms. The third-order valence-corrected chi connectivity index (χ3v) is 24.4. The molecule has 12 aromatic heterocycles. The molecule has 3 aliphatic carbocycles. The molecule has 608 valence electrons. The molecule has 0 unspecified atom stereocenters. The third-order valence-electron chi connectivity index (χ3n) is 20.0. The fraction of sp³-hybridized carbons (Fsp3) is 0.400. The van der Waals surface area contributed by atoms with Crippen molar-refractivity contribution in [1.82, 2.24) is 88.6 Å². The van der Waals surface area contributed by atoms with Gasteiger partial charge in [0.25, 0.3) is 17.7 Å². The van der Waals surface area contributed by atoms with Crippen LogP contribution in [0, 0.1) is 35.3 Å². The van der Waals surface area contributed by atoms with Crippen molar-refractivity contribution >= 4 is 76.6 Å². The van der Waals surface area contributed by atoms with Crippen molar-refractivity contribution in [3.8, 4) is 65.9 Å². The van der Waals surface area contributed by atoms with E-state index in [0.29, 0.717) is 90.1 Å². The number of nitrogens with one attached hydrogen (secondary N) is 3. The number of carbonyl (C=O) groups is 3. The summed E-state index contributed by atoms with van der Waals surface area (Å²) in [7, 11) is -4.90. The van der Waals surface area contributed by atoms with Crippen LogP contribution < -0.4 is 16.0 Å². The van der Waals surface area contributed by atoms with Crippen LogP contribution in [0.25, 0.3) is 65.9 Å². The summed E-state index contributed by atoms with van der Waals surface area (Å²) in [5.41, 5.74) is -0.0822. The number of hydrogen-bond acceptors (Lipinski definition) is 25. The van der Waals surface area contributed by atoms with Crippen molar-refractivity contribution in [3.63, 3.8) is 0 Å². The maximum Gasteiger partial charge on any atom is 0.480 e. The van der Waals surface area contributed by atoms with Gasteiger partial charge in [-0.2, -0.15) is 43.8 Å². The van der Waals surface area contributed by atoms with Gasteiger partial charge in [-0.25, -0.2) is 61.7 Å². The molecular weight excluding hydrogens is 1600 g/mol. The lowest BCUT2D eigenvalue weighted by molar-refractivity contribution is -0.0158. The summed E-state index contributed by atoms with van der Waals surface area (Å²) in [5, 5.41) is 41.2. The molecular formula is C75H78F6N21O10PS3. The Morgan fingerprint density at radius 2 is 0.690 bits per heavy atom. The molecule has 3 atom stereocenters. The molecule has 0 spiro atoms. The molecule has 0 aromatic carbocycles. The second kappa shape index (κ2) is 35.2. The first-order valence-corrected chi connectivity index (χ1v) is 41.8. The largest absolute Gasteiger partial charge is 0.480 e. The Morgan fingerprint density at radius 1 is 0.414 bits per heavy atom. The maximum absolute atomic E-state index is 15.6. The van der Waals surface area contributed by atoms with Gasteiger partial charge in [-0.3, -0.25) is 42.0 Å². The van der Waals surface area contributed by atoms with Crippen LogP contribution >= 0.6 is 41.8 Å². The summed E-state index contributed by atoms with van der Waals surface area (Å²) in [4.78, 5) is 67.5. The zero-order chi connectivity index (χ0) is 81.1. The topological polar surface area (TPSA) is 344 Å². The number of phosphoric ester groups is 1. The molecule has 15 rings (SSSR count). The minimum Gasteiger partial charge on any atom is -0.379 e. The molecule has 0 aliphatic heterocycles. The van der Waals surface area contributed by atoms with Gasteiger partial charge in [0.1, 0.15) is 66.3 Å². The molecule has 3 aliphatic rings. The van der Waals surface area contributed by atoms with E-state index in [1.165, 1.54) is 88.1 Å². The molecule has 41 heteroatoms. The Balaban J connectivity index is 0.660. The van der Waals surface area contributed by atoms with Gasteiger partial charge in [0.05, 0.1) is 72.1 Å². The SMILES string of the molecule is CCOC1CCC(n2cc(NC(=O)c3csc(-c4cnn([C@@H](C)OP(=O)(O[C@H](C)n5cc(-c6nc(C(=O)Nc7cn(C8CCC(OCC)CC8)nc7-c7nc(F)ccc7F)cs6)cn5)O[C@H](C)n5cc(-c6nc(C(=O)Nc7cn(C8CCC(OCC)CC8)nc7-c7nc(F)ccc7F)cs6)cn5)c4)n3)c(-c3nc(F)ccc3F)n2)CC1. The quantitative estimate of drug-likeness (QED) is 0.0214. The molecule has 3 N–H and O–H groups in total. The van der Waals surface area contributed by atoms with Crippen molar-refractivity contribution in [2.75, 3.05) is 35.8 Å². The first kappa shape index (κ1) is 80.8. The number of halogens is 6. The average Bonchev–Trinajstić information content (AvgIpc) is 1.65. The van der Waals surface area contributed by atoms with Crippen molar-refractivity contribution in [3.05, 3.63) is 161 Å². The highest BCUT2D eigenvalue weighted by atomic mass is 32.1. The molecule has 31 nitrogen and oxygen atoms in total. The van der Waals surface area contributed by atoms with Gasteiger partial charge in [0, 0.05) is 89.8 Å². The fourth-order valence-electron chi connectivity index (χ4n) is 14.2. The second-order valence-corrected chi connectivity index (χ2v) is 31.9. The van der Waals surface area contributed by atoms with Crippen LogP contribution in [0.15, 0.2) is 108 Å². The minimum atomic E-state index is -4.90. The molecule has 0 bridgehead atoms. The molecule has 0 radical (unpaired) electrons. The van der Waals surface area contributed by atoms with E-state index in [4.69, 9.17) is 27.8 Å². The van der Waals surface area contributed by atoms with Crippen LogP contribution in [-0.4, -0.2) is 144 Å². The Hall–Kier alpha value is -10.4. The summed E-state index contributed by atoms with van der Waals surface area (Å²) in [6, 6.07) is 5.09. The lowest BCUT2D eigenvalue weighted by Gasteiger charge is -2.28. The Morgan fingerprint density at radius 3 is 0.957 bits per heavy atom. The van der Waals surface area contributed by atoms with Gasteiger partial charge < -0.3 is 30.2 Å². The van der Waals surface area contributed by atoms with Crippen LogP contribution in [0.2, 0.25) is 0 Å². The molecule has 12 heterocycles. The van der Waals surface area contributed by atoms with E-state index in [2.05, 4.69) is 76.4 Å². The van der Waals surface area contributed by atoms with Crippen LogP contribution in [0.5, 0.6) is 0 Å². The zero-order valence-corrected chi connectivity index (χ0v) is 66.6. The third kappa shape index (κ3) is 18.2. The highest BCUT2D eigenvalue weighted by Gasteiger charge is 2.38. The van der Waals surface area contributed by atoms with Crippen molar-refractivity contribution in [2.24, 2.45) is 0 Å². The van der Waals surface area contributed by atoms with Crippen LogP contribution in [0.4, 0.5) is 43.4 Å². The Kier molecular flexibility index (Phi) is 24.5. The first-order valence-electron chi connectivity index (χ1n) is 37.7. The summed E-state index contributed by atoms with van der Waals surface area (Å²) in [6.45, 7) is 12.1. The number of amides is 3. The first-order chi connectivity index (χ1) is 56.0. The van der Waals surface area contributed by atoms with Crippen molar-refractivity contribution in [1.29, 1.82) is 0 Å². The van der Waals surface area contributed by atoms with Crippen molar-refractivity contribution in [2.45, 2.75) is 174 Å². The van der Waals surface area contributed by atoms with E-state index in [-0.39, 0.29) is 87.7 Å². The number of carbonyl (C=O) groups excluding carboxylic acids is 3. The van der Waals surface area contributed by atoms with Crippen LogP contribution in [0.3, 0.4) is 0 Å².